The summed E-state index contributed by atoms with van der Waals surface area (Å²) in [6.45, 7) is 6.59. The van der Waals surface area contributed by atoms with Crippen LogP contribution < -0.4 is 4.90 Å². The van der Waals surface area contributed by atoms with Crippen molar-refractivity contribution in [3.8, 4) is 11.3 Å². The molecule has 0 radical (unpaired) electrons. The molecule has 0 spiro atoms. The molecule has 1 aliphatic heterocycles. The molecule has 1 aromatic carbocycles. The highest BCUT2D eigenvalue weighted by Crippen LogP contribution is 2.70. The van der Waals surface area contributed by atoms with Gasteiger partial charge in [-0.15, -0.1) is 0 Å². The van der Waals surface area contributed by atoms with Gasteiger partial charge in [-0.25, -0.2) is 18.7 Å². The third-order valence-electron chi connectivity index (χ3n) is 8.70. The molecular weight excluding hydrogens is 420 g/mol. The number of benzene rings is 1. The van der Waals surface area contributed by atoms with Gasteiger partial charge >= 0.3 is 0 Å². The lowest BCUT2D eigenvalue weighted by Crippen LogP contribution is -2.50. The molecule has 5 nitrogen and oxygen atoms in total. The first kappa shape index (κ1) is 20.6. The van der Waals surface area contributed by atoms with E-state index in [1.165, 1.54) is 18.2 Å². The van der Waals surface area contributed by atoms with Crippen LogP contribution in [0, 0.1) is 23.0 Å². The predicted molar refractivity (Wildman–Crippen MR) is 122 cm³/mol. The minimum Gasteiger partial charge on any atom is -0.356 e. The fraction of sp³-hybridized carbons (Fsp3) is 0.462. The van der Waals surface area contributed by atoms with Crippen LogP contribution in [0.25, 0.3) is 11.3 Å². The van der Waals surface area contributed by atoms with Crippen molar-refractivity contribution >= 4 is 5.82 Å². The topological polar surface area (TPSA) is 54.8 Å². The summed E-state index contributed by atoms with van der Waals surface area (Å²) in [4.78, 5) is 10.9. The highest BCUT2D eigenvalue weighted by atomic mass is 19.1. The minimum absolute atomic E-state index is 0.00420. The summed E-state index contributed by atoms with van der Waals surface area (Å²) in [6, 6.07) is 7.80. The van der Waals surface area contributed by atoms with Crippen LogP contribution in [0.2, 0.25) is 0 Å². The van der Waals surface area contributed by atoms with Crippen molar-refractivity contribution in [2.75, 3.05) is 18.0 Å². The molecular formula is C26H27F2N5. The van der Waals surface area contributed by atoms with Crippen molar-refractivity contribution in [1.29, 1.82) is 0 Å². The van der Waals surface area contributed by atoms with E-state index in [4.69, 9.17) is 5.10 Å². The Morgan fingerprint density at radius 1 is 1.06 bits per heavy atom. The molecule has 3 aliphatic rings. The number of aromatic nitrogens is 4. The molecule has 1 saturated carbocycles. The average Bonchev–Trinajstić information content (AvgIpc) is 3.21. The SMILES string of the molecule is CC1(C)[C@H]2CC[C@]1([C@H]1CCCN(c3ccncn3)C1)c1nnc(-c3c(F)cccc3F)cc12. The smallest absolute Gasteiger partial charge is 0.135 e. The van der Waals surface area contributed by atoms with E-state index in [1.807, 2.05) is 12.1 Å². The Morgan fingerprint density at radius 3 is 2.64 bits per heavy atom. The van der Waals surface area contributed by atoms with E-state index in [-0.39, 0.29) is 22.1 Å². The first-order valence-electron chi connectivity index (χ1n) is 11.8. The molecule has 7 heteroatoms. The van der Waals surface area contributed by atoms with E-state index in [0.717, 1.165) is 55.8 Å². The third kappa shape index (κ3) is 2.80. The zero-order valence-corrected chi connectivity index (χ0v) is 18.9. The maximum absolute atomic E-state index is 14.5. The van der Waals surface area contributed by atoms with Crippen LogP contribution in [0.15, 0.2) is 42.9 Å². The lowest BCUT2D eigenvalue weighted by molar-refractivity contribution is 0.112. The van der Waals surface area contributed by atoms with E-state index in [0.29, 0.717) is 11.8 Å². The second-order valence-corrected chi connectivity index (χ2v) is 10.3. The molecule has 0 unspecified atom stereocenters. The number of nitrogens with zero attached hydrogens (tertiary/aromatic N) is 5. The molecule has 3 heterocycles. The maximum Gasteiger partial charge on any atom is 0.135 e. The van der Waals surface area contributed by atoms with Gasteiger partial charge in [0.05, 0.1) is 17.0 Å². The maximum atomic E-state index is 14.5. The number of rotatable bonds is 3. The van der Waals surface area contributed by atoms with Gasteiger partial charge < -0.3 is 4.90 Å². The zero-order valence-electron chi connectivity index (χ0n) is 18.9. The summed E-state index contributed by atoms with van der Waals surface area (Å²) in [6.07, 6.45) is 7.75. The second-order valence-electron chi connectivity index (χ2n) is 10.3. The molecule has 170 valence electrons. The first-order valence-corrected chi connectivity index (χ1v) is 11.8. The molecule has 2 fully saturated rings. The van der Waals surface area contributed by atoms with Crippen molar-refractivity contribution in [3.63, 3.8) is 0 Å². The summed E-state index contributed by atoms with van der Waals surface area (Å²) in [5, 5.41) is 9.09. The van der Waals surface area contributed by atoms with Crippen LogP contribution in [0.5, 0.6) is 0 Å². The minimum atomic E-state index is -0.603. The monoisotopic (exact) mass is 447 g/mol. The Balaban J connectivity index is 1.43. The summed E-state index contributed by atoms with van der Waals surface area (Å²) in [5.74, 6) is 0.482. The van der Waals surface area contributed by atoms with E-state index >= 15 is 0 Å². The highest BCUT2D eigenvalue weighted by Gasteiger charge is 2.66. The number of piperidine rings is 1. The zero-order chi connectivity index (χ0) is 22.8. The van der Waals surface area contributed by atoms with E-state index < -0.39 is 11.6 Å². The summed E-state index contributed by atoms with van der Waals surface area (Å²) >= 11 is 0. The van der Waals surface area contributed by atoms with E-state index in [9.17, 15) is 8.78 Å². The predicted octanol–water partition coefficient (Wildman–Crippen LogP) is 5.28. The van der Waals surface area contributed by atoms with E-state index in [1.54, 1.807) is 12.5 Å². The summed E-state index contributed by atoms with van der Waals surface area (Å²) < 4.78 is 28.9. The van der Waals surface area contributed by atoms with Gasteiger partial charge in [-0.3, -0.25) is 0 Å². The number of halogens is 2. The first-order chi connectivity index (χ1) is 15.9. The molecule has 2 bridgehead atoms. The Hall–Kier alpha value is -2.96. The quantitative estimate of drug-likeness (QED) is 0.547. The van der Waals surface area contributed by atoms with Crippen LogP contribution in [0.4, 0.5) is 14.6 Å². The van der Waals surface area contributed by atoms with Crippen LogP contribution >= 0.6 is 0 Å². The van der Waals surface area contributed by atoms with Gasteiger partial charge in [-0.05, 0) is 72.8 Å². The average molecular weight is 448 g/mol. The van der Waals surface area contributed by atoms with Crippen LogP contribution in [0.3, 0.4) is 0 Å². The number of hydrogen-bond acceptors (Lipinski definition) is 5. The Bertz CT molecular complexity index is 1190. The van der Waals surface area contributed by atoms with E-state index in [2.05, 4.69) is 33.8 Å². The lowest BCUT2D eigenvalue weighted by atomic mass is 9.59. The number of anilines is 1. The van der Waals surface area contributed by atoms with Gasteiger partial charge in [0.2, 0.25) is 0 Å². The molecule has 0 N–H and O–H groups in total. The molecule has 6 rings (SSSR count). The van der Waals surface area contributed by atoms with Gasteiger partial charge in [-0.1, -0.05) is 19.9 Å². The van der Waals surface area contributed by atoms with Crippen molar-refractivity contribution in [2.24, 2.45) is 11.3 Å². The molecule has 1 saturated heterocycles. The Morgan fingerprint density at radius 2 is 1.88 bits per heavy atom. The third-order valence-corrected chi connectivity index (χ3v) is 8.70. The molecule has 2 aromatic heterocycles. The van der Waals surface area contributed by atoms with Gasteiger partial charge in [0.25, 0.3) is 0 Å². The largest absolute Gasteiger partial charge is 0.356 e. The number of hydrogen-bond donors (Lipinski definition) is 0. The molecule has 33 heavy (non-hydrogen) atoms. The van der Waals surface area contributed by atoms with Crippen molar-refractivity contribution in [1.82, 2.24) is 20.2 Å². The Labute approximate surface area is 192 Å². The summed E-state index contributed by atoms with van der Waals surface area (Å²) in [5.41, 5.74) is 2.26. The Kier molecular flexibility index (Phi) is 4.55. The fourth-order valence-corrected chi connectivity index (χ4v) is 7.20. The van der Waals surface area contributed by atoms with Crippen LogP contribution in [0.1, 0.15) is 56.7 Å². The normalized spacial score (nSPS) is 27.6. The van der Waals surface area contributed by atoms with Crippen LogP contribution in [-0.4, -0.2) is 33.3 Å². The standard InChI is InChI=1S/C26H27F2N5/c1-25(2)18-8-10-26(25,16-5-4-12-33(14-16)22-9-11-29-15-30-22)24-17(18)13-21(31-32-24)23-19(27)6-3-7-20(23)28/h3,6-7,9,11,13,15-16,18H,4-5,8,10,12,14H2,1-2H3/t16-,18-,26-/m0/s1. The van der Waals surface area contributed by atoms with Crippen molar-refractivity contribution in [3.05, 3.63) is 65.7 Å². The van der Waals surface area contributed by atoms with Crippen molar-refractivity contribution < 1.29 is 8.78 Å². The molecule has 2 aliphatic carbocycles. The fourth-order valence-electron chi connectivity index (χ4n) is 7.20. The van der Waals surface area contributed by atoms with Crippen LogP contribution in [-0.2, 0) is 5.41 Å². The molecule has 3 atom stereocenters. The van der Waals surface area contributed by atoms with Crippen molar-refractivity contribution in [2.45, 2.75) is 50.9 Å². The number of fused-ring (bicyclic) bond motifs is 5. The van der Waals surface area contributed by atoms with Gasteiger partial charge in [0, 0.05) is 24.7 Å². The van der Waals surface area contributed by atoms with Gasteiger partial charge in [0.15, 0.2) is 0 Å². The highest BCUT2D eigenvalue weighted by molar-refractivity contribution is 5.63. The molecule has 3 aromatic rings. The lowest BCUT2D eigenvalue weighted by Gasteiger charge is -2.48. The molecule has 0 amide bonds. The van der Waals surface area contributed by atoms with Gasteiger partial charge in [0.1, 0.15) is 23.8 Å². The summed E-state index contributed by atoms with van der Waals surface area (Å²) in [7, 11) is 0. The van der Waals surface area contributed by atoms with Gasteiger partial charge in [-0.2, -0.15) is 10.2 Å². The second kappa shape index (κ2) is 7.27.